The Bertz CT molecular complexity index is 1080. The van der Waals surface area contributed by atoms with Crippen LogP contribution in [0.1, 0.15) is 45.8 Å². The van der Waals surface area contributed by atoms with Crippen LogP contribution in [0.5, 0.6) is 0 Å². The largest absolute Gasteiger partial charge is 0.477 e. The first-order valence-corrected chi connectivity index (χ1v) is 8.32. The lowest BCUT2D eigenvalue weighted by molar-refractivity contribution is 0.0694. The smallest absolute Gasteiger partial charge is 0.341 e. The van der Waals surface area contributed by atoms with Crippen molar-refractivity contribution in [1.82, 2.24) is 9.38 Å². The van der Waals surface area contributed by atoms with Crippen LogP contribution in [0.2, 0.25) is 0 Å². The maximum atomic E-state index is 12.6. The van der Waals surface area contributed by atoms with Gasteiger partial charge in [0.15, 0.2) is 0 Å². The van der Waals surface area contributed by atoms with E-state index < -0.39 is 11.5 Å². The van der Waals surface area contributed by atoms with Crippen molar-refractivity contribution in [1.29, 1.82) is 0 Å². The van der Waals surface area contributed by atoms with Gasteiger partial charge in [-0.05, 0) is 78.6 Å². The summed E-state index contributed by atoms with van der Waals surface area (Å²) in [5, 5.41) is 9.37. The molecule has 0 bridgehead atoms. The van der Waals surface area contributed by atoms with Crippen molar-refractivity contribution < 1.29 is 9.90 Å². The molecule has 0 aromatic carbocycles. The third-order valence-electron chi connectivity index (χ3n) is 4.97. The highest BCUT2D eigenvalue weighted by Gasteiger charge is 2.29. The molecule has 5 heteroatoms. The van der Waals surface area contributed by atoms with Gasteiger partial charge in [-0.25, -0.2) is 4.79 Å². The van der Waals surface area contributed by atoms with Gasteiger partial charge in [-0.15, -0.1) is 0 Å². The fraction of sp³-hybridized carbons (Fsp3) is 0.250. The number of hydrogen-bond donors (Lipinski definition) is 1. The predicted molar refractivity (Wildman–Crippen MR) is 95.3 cm³/mol. The normalized spacial score (nSPS) is 14.0. The molecule has 126 valence electrons. The minimum absolute atomic E-state index is 0.161. The fourth-order valence-corrected chi connectivity index (χ4v) is 3.52. The topological polar surface area (TPSA) is 71.7 Å². The number of nitrogens with zero attached hydrogens (tertiary/aromatic N) is 2. The maximum absolute atomic E-state index is 12.6. The molecule has 5 nitrogen and oxygen atoms in total. The molecule has 1 N–H and O–H groups in total. The number of fused-ring (bicyclic) bond motifs is 1. The molecule has 1 aliphatic rings. The van der Waals surface area contributed by atoms with Crippen LogP contribution in [0.25, 0.3) is 16.6 Å². The summed E-state index contributed by atoms with van der Waals surface area (Å²) in [6, 6.07) is 5.43. The standard InChI is InChI=1S/C20H18N2O3/c1-11-10-21-7-5-14(11)15-6-8-22-18(12(15)2)16(13-3-4-13)9-17(19(22)23)20(24)25/h5-10,13H,3-4H2,1-2H3,(H,24,25). The van der Waals surface area contributed by atoms with Crippen molar-refractivity contribution in [2.24, 2.45) is 0 Å². The summed E-state index contributed by atoms with van der Waals surface area (Å²) in [6.07, 6.45) is 7.34. The molecule has 1 saturated carbocycles. The van der Waals surface area contributed by atoms with E-state index in [1.165, 1.54) is 4.40 Å². The molecule has 0 radical (unpaired) electrons. The van der Waals surface area contributed by atoms with Gasteiger partial charge >= 0.3 is 5.97 Å². The molecule has 1 aliphatic carbocycles. The third-order valence-corrected chi connectivity index (χ3v) is 4.97. The highest BCUT2D eigenvalue weighted by Crippen LogP contribution is 2.43. The van der Waals surface area contributed by atoms with Gasteiger partial charge in [-0.3, -0.25) is 14.2 Å². The highest BCUT2D eigenvalue weighted by atomic mass is 16.4. The Hall–Kier alpha value is -2.95. The van der Waals surface area contributed by atoms with E-state index in [2.05, 4.69) is 4.98 Å². The van der Waals surface area contributed by atoms with Crippen LogP contribution in [0.15, 0.2) is 41.6 Å². The van der Waals surface area contributed by atoms with Gasteiger partial charge in [0.05, 0.1) is 5.52 Å². The number of aromatic carboxylic acids is 1. The zero-order valence-electron chi connectivity index (χ0n) is 14.1. The molecule has 25 heavy (non-hydrogen) atoms. The zero-order valence-corrected chi connectivity index (χ0v) is 14.1. The average Bonchev–Trinajstić information content (AvgIpc) is 3.41. The van der Waals surface area contributed by atoms with E-state index in [0.717, 1.165) is 46.2 Å². The van der Waals surface area contributed by atoms with Gasteiger partial charge in [-0.2, -0.15) is 0 Å². The average molecular weight is 334 g/mol. The van der Waals surface area contributed by atoms with Crippen molar-refractivity contribution in [2.75, 3.05) is 0 Å². The molecule has 0 amide bonds. The van der Waals surface area contributed by atoms with Crippen LogP contribution in [-0.4, -0.2) is 20.5 Å². The van der Waals surface area contributed by atoms with E-state index in [1.54, 1.807) is 18.5 Å². The molecule has 4 rings (SSSR count). The first-order chi connectivity index (χ1) is 12.0. The molecule has 0 atom stereocenters. The Labute approximate surface area is 144 Å². The number of carboxylic acids is 1. The molecule has 1 fully saturated rings. The fourth-order valence-electron chi connectivity index (χ4n) is 3.52. The number of rotatable bonds is 3. The van der Waals surface area contributed by atoms with Crippen molar-refractivity contribution in [3.05, 3.63) is 69.4 Å². The van der Waals surface area contributed by atoms with Gasteiger partial charge in [-0.1, -0.05) is 0 Å². The summed E-state index contributed by atoms with van der Waals surface area (Å²) >= 11 is 0. The minimum Gasteiger partial charge on any atom is -0.477 e. The van der Waals surface area contributed by atoms with Crippen LogP contribution >= 0.6 is 0 Å². The molecular weight excluding hydrogens is 316 g/mol. The Morgan fingerprint density at radius 3 is 2.64 bits per heavy atom. The highest BCUT2D eigenvalue weighted by molar-refractivity contribution is 5.89. The van der Waals surface area contributed by atoms with Crippen molar-refractivity contribution in [2.45, 2.75) is 32.6 Å². The monoisotopic (exact) mass is 334 g/mol. The van der Waals surface area contributed by atoms with Gasteiger partial charge in [0.2, 0.25) is 0 Å². The van der Waals surface area contributed by atoms with E-state index in [4.69, 9.17) is 0 Å². The number of aryl methyl sites for hydroxylation is 2. The quantitative estimate of drug-likeness (QED) is 0.795. The van der Waals surface area contributed by atoms with E-state index in [0.29, 0.717) is 5.92 Å². The summed E-state index contributed by atoms with van der Waals surface area (Å²) in [7, 11) is 0. The molecule has 3 heterocycles. The Kier molecular flexibility index (Phi) is 3.46. The van der Waals surface area contributed by atoms with E-state index in [-0.39, 0.29) is 5.56 Å². The lowest BCUT2D eigenvalue weighted by Crippen LogP contribution is -2.23. The number of aromatic nitrogens is 2. The Morgan fingerprint density at radius 2 is 2.00 bits per heavy atom. The Balaban J connectivity index is 2.09. The SMILES string of the molecule is Cc1cnccc1-c1ccn2c(=O)c(C(=O)O)cc(C3CC3)c2c1C. The van der Waals surface area contributed by atoms with Crippen LogP contribution in [0, 0.1) is 13.8 Å². The molecular formula is C20H18N2O3. The second-order valence-electron chi connectivity index (χ2n) is 6.66. The molecule has 0 aliphatic heterocycles. The lowest BCUT2D eigenvalue weighted by Gasteiger charge is -2.16. The number of carboxylic acid groups (broad SMARTS) is 1. The molecule has 3 aromatic rings. The van der Waals surface area contributed by atoms with E-state index in [9.17, 15) is 14.7 Å². The second-order valence-corrected chi connectivity index (χ2v) is 6.66. The van der Waals surface area contributed by atoms with Gasteiger partial charge in [0.25, 0.3) is 5.56 Å². The first-order valence-electron chi connectivity index (χ1n) is 8.32. The van der Waals surface area contributed by atoms with E-state index >= 15 is 0 Å². The summed E-state index contributed by atoms with van der Waals surface area (Å²) in [6.45, 7) is 4.00. The Morgan fingerprint density at radius 1 is 1.24 bits per heavy atom. The maximum Gasteiger partial charge on any atom is 0.341 e. The number of pyridine rings is 3. The molecule has 0 saturated heterocycles. The van der Waals surface area contributed by atoms with Gasteiger partial charge < -0.3 is 5.11 Å². The summed E-state index contributed by atoms with van der Waals surface area (Å²) < 4.78 is 1.49. The zero-order chi connectivity index (χ0) is 17.7. The second kappa shape index (κ2) is 5.55. The third kappa shape index (κ3) is 2.43. The lowest BCUT2D eigenvalue weighted by atomic mass is 9.95. The first kappa shape index (κ1) is 15.6. The van der Waals surface area contributed by atoms with Crippen molar-refractivity contribution >= 4 is 11.5 Å². The van der Waals surface area contributed by atoms with Crippen LogP contribution < -0.4 is 5.56 Å². The van der Waals surface area contributed by atoms with Gasteiger partial charge in [0.1, 0.15) is 5.56 Å². The molecule has 0 spiro atoms. The van der Waals surface area contributed by atoms with E-state index in [1.807, 2.05) is 32.2 Å². The van der Waals surface area contributed by atoms with Crippen LogP contribution in [0.3, 0.4) is 0 Å². The molecule has 0 unspecified atom stereocenters. The number of hydrogen-bond acceptors (Lipinski definition) is 3. The van der Waals surface area contributed by atoms with Crippen LogP contribution in [-0.2, 0) is 0 Å². The van der Waals surface area contributed by atoms with Crippen molar-refractivity contribution in [3.63, 3.8) is 0 Å². The summed E-state index contributed by atoms with van der Waals surface area (Å²) in [5.41, 5.74) is 5.34. The van der Waals surface area contributed by atoms with Crippen LogP contribution in [0.4, 0.5) is 0 Å². The number of carbonyl (C=O) groups is 1. The predicted octanol–water partition coefficient (Wildman–Crippen LogP) is 3.55. The van der Waals surface area contributed by atoms with Gasteiger partial charge in [0, 0.05) is 18.6 Å². The molecule has 3 aromatic heterocycles. The summed E-state index contributed by atoms with van der Waals surface area (Å²) in [5.74, 6) is -0.839. The summed E-state index contributed by atoms with van der Waals surface area (Å²) in [4.78, 5) is 28.2. The minimum atomic E-state index is -1.17. The van der Waals surface area contributed by atoms with Crippen molar-refractivity contribution in [3.8, 4) is 11.1 Å².